The average molecular weight is 442 g/mol. The number of nitrogens with zero attached hydrogens (tertiary/aromatic N) is 3. The number of benzene rings is 1. The predicted molar refractivity (Wildman–Crippen MR) is 120 cm³/mol. The quantitative estimate of drug-likeness (QED) is 0.584. The molecule has 0 saturated carbocycles. The van der Waals surface area contributed by atoms with Gasteiger partial charge in [0.05, 0.1) is 12.4 Å². The highest BCUT2D eigenvalue weighted by Crippen LogP contribution is 2.31. The van der Waals surface area contributed by atoms with E-state index in [0.29, 0.717) is 25.9 Å². The minimum Gasteiger partial charge on any atom is -0.350 e. The number of hydrogen-bond donors (Lipinski definition) is 2. The third-order valence-corrected chi connectivity index (χ3v) is 6.42. The molecule has 2 amide bonds. The van der Waals surface area contributed by atoms with Crippen LogP contribution in [0.1, 0.15) is 42.4 Å². The fourth-order valence-electron chi connectivity index (χ4n) is 4.09. The molecule has 2 heterocycles. The Morgan fingerprint density at radius 1 is 1.32 bits per heavy atom. The van der Waals surface area contributed by atoms with E-state index < -0.39 is 12.1 Å². The highest BCUT2D eigenvalue weighted by atomic mass is 35.5. The van der Waals surface area contributed by atoms with Gasteiger partial charge >= 0.3 is 0 Å². The summed E-state index contributed by atoms with van der Waals surface area (Å²) >= 11 is 6.23. The van der Waals surface area contributed by atoms with Crippen LogP contribution in [0.25, 0.3) is 5.03 Å². The first-order valence-electron chi connectivity index (χ1n) is 10.8. The van der Waals surface area contributed by atoms with Gasteiger partial charge in [-0.15, -0.1) is 0 Å². The second kappa shape index (κ2) is 9.66. The molecule has 2 atom stereocenters. The molecule has 7 nitrogen and oxygen atoms in total. The largest absolute Gasteiger partial charge is 0.350 e. The van der Waals surface area contributed by atoms with Crippen molar-refractivity contribution in [2.45, 2.75) is 57.3 Å². The van der Waals surface area contributed by atoms with E-state index in [1.165, 1.54) is 5.56 Å². The van der Waals surface area contributed by atoms with Gasteiger partial charge in [-0.3, -0.25) is 9.59 Å². The lowest BCUT2D eigenvalue weighted by atomic mass is 9.98. The van der Waals surface area contributed by atoms with Crippen LogP contribution in [-0.2, 0) is 29.1 Å². The number of imidazole rings is 1. The molecule has 1 aliphatic carbocycles. The zero-order chi connectivity index (χ0) is 21.8. The summed E-state index contributed by atoms with van der Waals surface area (Å²) in [4.78, 5) is 30.9. The van der Waals surface area contributed by atoms with Crippen molar-refractivity contribution in [1.82, 2.24) is 19.8 Å². The summed E-state index contributed by atoms with van der Waals surface area (Å²) in [6.45, 7) is 1.85. The first kappa shape index (κ1) is 21.6. The van der Waals surface area contributed by atoms with Crippen LogP contribution >= 0.6 is 11.6 Å². The van der Waals surface area contributed by atoms with Gasteiger partial charge in [-0.2, -0.15) is 0 Å². The van der Waals surface area contributed by atoms with Gasteiger partial charge in [0.1, 0.15) is 6.04 Å². The Kier molecular flexibility index (Phi) is 6.73. The van der Waals surface area contributed by atoms with Crippen LogP contribution < -0.4 is 11.1 Å². The minimum absolute atomic E-state index is 0.131. The number of carbonyl (C=O) groups excluding carboxylic acids is 2. The van der Waals surface area contributed by atoms with E-state index in [4.69, 9.17) is 17.3 Å². The van der Waals surface area contributed by atoms with Gasteiger partial charge in [0.2, 0.25) is 11.8 Å². The van der Waals surface area contributed by atoms with Crippen LogP contribution in [0.5, 0.6) is 0 Å². The molecule has 0 radical (unpaired) electrons. The molecule has 4 rings (SSSR count). The van der Waals surface area contributed by atoms with Crippen LogP contribution in [-0.4, -0.2) is 44.9 Å². The highest BCUT2D eigenvalue weighted by molar-refractivity contribution is 6.49. The second-order valence-corrected chi connectivity index (χ2v) is 8.61. The fraction of sp³-hybridized carbons (Fsp3) is 0.435. The Morgan fingerprint density at radius 3 is 2.94 bits per heavy atom. The lowest BCUT2D eigenvalue weighted by Gasteiger charge is -2.41. The molecule has 1 fully saturated rings. The predicted octanol–water partition coefficient (Wildman–Crippen LogP) is 2.43. The number of fused-ring (bicyclic) bond motifs is 1. The number of likely N-dealkylation sites (tertiary alicyclic amines) is 1. The Bertz CT molecular complexity index is 972. The zero-order valence-corrected chi connectivity index (χ0v) is 18.2. The summed E-state index contributed by atoms with van der Waals surface area (Å²) in [7, 11) is 0. The number of aromatic nitrogens is 2. The van der Waals surface area contributed by atoms with Crippen LogP contribution in [0.15, 0.2) is 43.0 Å². The zero-order valence-electron chi connectivity index (χ0n) is 17.5. The molecule has 3 N–H and O–H groups in total. The van der Waals surface area contributed by atoms with Crippen LogP contribution in [0.4, 0.5) is 0 Å². The van der Waals surface area contributed by atoms with Crippen molar-refractivity contribution in [1.29, 1.82) is 0 Å². The third-order valence-electron chi connectivity index (χ3n) is 6.06. The van der Waals surface area contributed by atoms with Crippen molar-refractivity contribution < 1.29 is 9.59 Å². The SMILES string of the molecule is N[C@H](CCCCn1ccnc1)C(=O)N1CC[C@H]1C(=O)NCc1ccc2c(c1)C(Cl)=CC2. The summed E-state index contributed by atoms with van der Waals surface area (Å²) in [6, 6.07) is 5.08. The van der Waals surface area contributed by atoms with Crippen molar-refractivity contribution >= 4 is 28.4 Å². The number of nitrogens with one attached hydrogen (secondary N) is 1. The smallest absolute Gasteiger partial charge is 0.243 e. The maximum absolute atomic E-state index is 12.7. The van der Waals surface area contributed by atoms with Gasteiger partial charge in [-0.1, -0.05) is 29.8 Å². The standard InChI is InChI=1S/C23H28ClN5O2/c24-19-7-6-17-5-4-16(13-18(17)19)14-27-22(30)21-8-11-29(21)23(31)20(25)3-1-2-10-28-12-9-26-15-28/h4-5,7,9,12-13,15,20-21H,1-3,6,8,10-11,14,25H2,(H,27,30)/t20-,21+/m1/s1. The molecule has 1 aromatic carbocycles. The van der Waals surface area contributed by atoms with E-state index in [1.54, 1.807) is 17.4 Å². The summed E-state index contributed by atoms with van der Waals surface area (Å²) < 4.78 is 2.01. The van der Waals surface area contributed by atoms with Gasteiger partial charge in [0, 0.05) is 37.1 Å². The third kappa shape index (κ3) is 4.99. The van der Waals surface area contributed by atoms with Crippen LogP contribution in [0.2, 0.25) is 0 Å². The fourth-order valence-corrected chi connectivity index (χ4v) is 4.34. The van der Waals surface area contributed by atoms with Crippen molar-refractivity contribution in [2.24, 2.45) is 5.73 Å². The first-order valence-corrected chi connectivity index (χ1v) is 11.2. The molecule has 0 bridgehead atoms. The molecule has 0 spiro atoms. The van der Waals surface area contributed by atoms with E-state index in [-0.39, 0.29) is 11.8 Å². The van der Waals surface area contributed by atoms with E-state index in [0.717, 1.165) is 42.0 Å². The number of aryl methyl sites for hydroxylation is 1. The molecular weight excluding hydrogens is 414 g/mol. The van der Waals surface area contributed by atoms with Gasteiger partial charge in [0.15, 0.2) is 0 Å². The van der Waals surface area contributed by atoms with Crippen LogP contribution in [0.3, 0.4) is 0 Å². The highest BCUT2D eigenvalue weighted by Gasteiger charge is 2.39. The first-order chi connectivity index (χ1) is 15.0. The Labute approximate surface area is 187 Å². The second-order valence-electron chi connectivity index (χ2n) is 8.20. The van der Waals surface area contributed by atoms with Gasteiger partial charge < -0.3 is 20.5 Å². The average Bonchev–Trinajstić information content (AvgIpc) is 3.38. The summed E-state index contributed by atoms with van der Waals surface area (Å²) in [5.74, 6) is -0.266. The number of allylic oxidation sites excluding steroid dienone is 1. The van der Waals surface area contributed by atoms with Crippen molar-refractivity contribution in [3.05, 3.63) is 59.7 Å². The number of nitrogens with two attached hydrogens (primary N) is 1. The molecule has 0 unspecified atom stereocenters. The van der Waals surface area contributed by atoms with Gasteiger partial charge in [-0.05, 0) is 54.9 Å². The number of halogens is 1. The molecule has 8 heteroatoms. The number of unbranched alkanes of at least 4 members (excludes halogenated alkanes) is 1. The summed E-state index contributed by atoms with van der Waals surface area (Å²) in [5, 5.41) is 3.72. The Balaban J connectivity index is 1.22. The molecule has 164 valence electrons. The molecule has 31 heavy (non-hydrogen) atoms. The van der Waals surface area contributed by atoms with Gasteiger partial charge in [-0.25, -0.2) is 4.98 Å². The molecule has 2 aromatic rings. The van der Waals surface area contributed by atoms with E-state index in [2.05, 4.69) is 10.3 Å². The summed E-state index contributed by atoms with van der Waals surface area (Å²) in [6.07, 6.45) is 11.4. The Morgan fingerprint density at radius 2 is 2.19 bits per heavy atom. The molecule has 1 saturated heterocycles. The normalized spacial score (nSPS) is 18.2. The molecule has 1 aromatic heterocycles. The number of rotatable bonds is 9. The Hall–Kier alpha value is -2.64. The monoisotopic (exact) mass is 441 g/mol. The van der Waals surface area contributed by atoms with Gasteiger partial charge in [0.25, 0.3) is 0 Å². The van der Waals surface area contributed by atoms with E-state index in [9.17, 15) is 9.59 Å². The molecule has 1 aliphatic heterocycles. The van der Waals surface area contributed by atoms with E-state index >= 15 is 0 Å². The molecular formula is C23H28ClN5O2. The number of carbonyl (C=O) groups is 2. The topological polar surface area (TPSA) is 93.2 Å². The lowest BCUT2D eigenvalue weighted by Crippen LogP contribution is -2.61. The minimum atomic E-state index is -0.566. The van der Waals surface area contributed by atoms with Crippen LogP contribution in [0, 0.1) is 0 Å². The maximum Gasteiger partial charge on any atom is 0.243 e. The van der Waals surface area contributed by atoms with Crippen molar-refractivity contribution in [2.75, 3.05) is 6.54 Å². The van der Waals surface area contributed by atoms with E-state index in [1.807, 2.05) is 35.0 Å². The van der Waals surface area contributed by atoms with Crippen molar-refractivity contribution in [3.63, 3.8) is 0 Å². The lowest BCUT2D eigenvalue weighted by molar-refractivity contribution is -0.148. The number of hydrogen-bond acceptors (Lipinski definition) is 4. The molecule has 2 aliphatic rings. The number of amides is 2. The van der Waals surface area contributed by atoms with Crippen molar-refractivity contribution in [3.8, 4) is 0 Å². The summed E-state index contributed by atoms with van der Waals surface area (Å²) in [5.41, 5.74) is 9.35. The maximum atomic E-state index is 12.7.